The van der Waals surface area contributed by atoms with Crippen LogP contribution < -0.4 is 10.1 Å². The van der Waals surface area contributed by atoms with E-state index in [1.54, 1.807) is 42.5 Å². The molecule has 3 nitrogen and oxygen atoms in total. The van der Waals surface area contributed by atoms with Crippen molar-refractivity contribution in [1.29, 1.82) is 0 Å². The van der Waals surface area contributed by atoms with E-state index < -0.39 is 0 Å². The van der Waals surface area contributed by atoms with Crippen molar-refractivity contribution in [2.24, 2.45) is 0 Å². The van der Waals surface area contributed by atoms with E-state index in [4.69, 9.17) is 16.3 Å². The molecule has 0 aliphatic carbocycles. The highest BCUT2D eigenvalue weighted by atomic mass is 35.5. The van der Waals surface area contributed by atoms with E-state index in [-0.39, 0.29) is 5.91 Å². The zero-order valence-electron chi connectivity index (χ0n) is 12.2. The summed E-state index contributed by atoms with van der Waals surface area (Å²) in [5, 5.41) is 3.49. The van der Waals surface area contributed by atoms with Crippen LogP contribution >= 0.6 is 11.6 Å². The molecule has 3 aromatic rings. The number of rotatable bonds is 4. The van der Waals surface area contributed by atoms with Crippen LogP contribution in [0, 0.1) is 0 Å². The molecule has 0 aliphatic heterocycles. The molecule has 4 heteroatoms. The van der Waals surface area contributed by atoms with Gasteiger partial charge in [-0.25, -0.2) is 0 Å². The summed E-state index contributed by atoms with van der Waals surface area (Å²) in [5.74, 6) is 0.887. The Hall–Kier alpha value is -2.78. The topological polar surface area (TPSA) is 38.3 Å². The molecule has 0 atom stereocenters. The molecular formula is C19H14ClNO2. The highest BCUT2D eigenvalue weighted by Gasteiger charge is 2.13. The minimum absolute atomic E-state index is 0.222. The quantitative estimate of drug-likeness (QED) is 0.699. The van der Waals surface area contributed by atoms with Crippen LogP contribution in [-0.4, -0.2) is 5.91 Å². The van der Waals surface area contributed by atoms with E-state index in [1.807, 2.05) is 36.4 Å². The van der Waals surface area contributed by atoms with Crippen LogP contribution in [0.15, 0.2) is 78.9 Å². The fraction of sp³-hybridized carbons (Fsp3) is 0. The second-order valence-corrected chi connectivity index (χ2v) is 5.31. The van der Waals surface area contributed by atoms with Gasteiger partial charge in [0, 0.05) is 10.7 Å². The summed E-state index contributed by atoms with van der Waals surface area (Å²) in [4.78, 5) is 12.5. The summed E-state index contributed by atoms with van der Waals surface area (Å²) in [7, 11) is 0. The van der Waals surface area contributed by atoms with Crippen molar-refractivity contribution in [3.05, 3.63) is 89.4 Å². The lowest BCUT2D eigenvalue weighted by atomic mass is 10.2. The molecule has 0 spiro atoms. The maximum Gasteiger partial charge on any atom is 0.259 e. The first-order valence-electron chi connectivity index (χ1n) is 7.11. The molecule has 0 aliphatic rings. The zero-order chi connectivity index (χ0) is 16.1. The first-order valence-corrected chi connectivity index (χ1v) is 7.49. The number of anilines is 1. The lowest BCUT2D eigenvalue weighted by molar-refractivity contribution is 0.102. The SMILES string of the molecule is O=C(Nc1ccccc1)c1ccccc1Oc1ccc(Cl)cc1. The Kier molecular flexibility index (Phi) is 4.60. The monoisotopic (exact) mass is 323 g/mol. The van der Waals surface area contributed by atoms with Gasteiger partial charge in [-0.05, 0) is 48.5 Å². The molecule has 1 N–H and O–H groups in total. The minimum Gasteiger partial charge on any atom is -0.457 e. The Morgan fingerprint density at radius 3 is 2.22 bits per heavy atom. The Bertz CT molecular complexity index is 801. The summed E-state index contributed by atoms with van der Waals surface area (Å²) in [5.41, 5.74) is 1.20. The van der Waals surface area contributed by atoms with Gasteiger partial charge < -0.3 is 10.1 Å². The van der Waals surface area contributed by atoms with Crippen molar-refractivity contribution in [3.8, 4) is 11.5 Å². The maximum atomic E-state index is 12.5. The molecule has 0 saturated carbocycles. The number of hydrogen-bond acceptors (Lipinski definition) is 2. The highest BCUT2D eigenvalue weighted by Crippen LogP contribution is 2.27. The van der Waals surface area contributed by atoms with Crippen molar-refractivity contribution < 1.29 is 9.53 Å². The van der Waals surface area contributed by atoms with Crippen molar-refractivity contribution in [3.63, 3.8) is 0 Å². The molecule has 0 fully saturated rings. The predicted octanol–water partition coefficient (Wildman–Crippen LogP) is 5.38. The normalized spacial score (nSPS) is 10.1. The van der Waals surface area contributed by atoms with E-state index in [2.05, 4.69) is 5.32 Å². The molecule has 0 bridgehead atoms. The molecule has 0 unspecified atom stereocenters. The number of carbonyl (C=O) groups excluding carboxylic acids is 1. The number of halogens is 1. The third-order valence-corrected chi connectivity index (χ3v) is 3.46. The van der Waals surface area contributed by atoms with Crippen molar-refractivity contribution in [1.82, 2.24) is 0 Å². The van der Waals surface area contributed by atoms with Crippen LogP contribution in [0.3, 0.4) is 0 Å². The maximum absolute atomic E-state index is 12.5. The van der Waals surface area contributed by atoms with Crippen LogP contribution in [-0.2, 0) is 0 Å². The molecule has 0 aromatic heterocycles. The van der Waals surface area contributed by atoms with Gasteiger partial charge in [0.05, 0.1) is 5.56 Å². The first-order chi connectivity index (χ1) is 11.2. The smallest absolute Gasteiger partial charge is 0.259 e. The van der Waals surface area contributed by atoms with Crippen molar-refractivity contribution in [2.75, 3.05) is 5.32 Å². The minimum atomic E-state index is -0.222. The largest absolute Gasteiger partial charge is 0.457 e. The number of nitrogens with one attached hydrogen (secondary N) is 1. The van der Waals surface area contributed by atoms with Gasteiger partial charge in [-0.15, -0.1) is 0 Å². The summed E-state index contributed by atoms with van der Waals surface area (Å²) in [6, 6.07) is 23.4. The van der Waals surface area contributed by atoms with Gasteiger partial charge in [0.1, 0.15) is 11.5 Å². The van der Waals surface area contributed by atoms with Crippen molar-refractivity contribution in [2.45, 2.75) is 0 Å². The lowest BCUT2D eigenvalue weighted by Gasteiger charge is -2.11. The molecule has 114 valence electrons. The summed E-state index contributed by atoms with van der Waals surface area (Å²) in [6.45, 7) is 0. The van der Waals surface area contributed by atoms with Gasteiger partial charge in [-0.3, -0.25) is 4.79 Å². The summed E-state index contributed by atoms with van der Waals surface area (Å²) < 4.78 is 5.80. The van der Waals surface area contributed by atoms with Crippen LogP contribution in [0.4, 0.5) is 5.69 Å². The summed E-state index contributed by atoms with van der Waals surface area (Å²) in [6.07, 6.45) is 0. The Morgan fingerprint density at radius 1 is 0.826 bits per heavy atom. The second kappa shape index (κ2) is 6.99. The molecule has 0 saturated heterocycles. The van der Waals surface area contributed by atoms with Crippen LogP contribution in [0.5, 0.6) is 11.5 Å². The van der Waals surface area contributed by atoms with Crippen molar-refractivity contribution >= 4 is 23.2 Å². The third kappa shape index (κ3) is 3.90. The fourth-order valence-electron chi connectivity index (χ4n) is 2.09. The van der Waals surface area contributed by atoms with E-state index >= 15 is 0 Å². The molecule has 1 amide bonds. The van der Waals surface area contributed by atoms with Gasteiger partial charge in [0.25, 0.3) is 5.91 Å². The fourth-order valence-corrected chi connectivity index (χ4v) is 2.22. The van der Waals surface area contributed by atoms with Crippen LogP contribution in [0.1, 0.15) is 10.4 Å². The highest BCUT2D eigenvalue weighted by molar-refractivity contribution is 6.30. The predicted molar refractivity (Wildman–Crippen MR) is 92.4 cm³/mol. The standard InChI is InChI=1S/C19H14ClNO2/c20-14-10-12-16(13-11-14)23-18-9-5-4-8-17(18)19(22)21-15-6-2-1-3-7-15/h1-13H,(H,21,22). The van der Waals surface area contributed by atoms with Gasteiger partial charge in [0.2, 0.25) is 0 Å². The molecule has 23 heavy (non-hydrogen) atoms. The number of benzene rings is 3. The Balaban J connectivity index is 1.82. The summed E-state index contributed by atoms with van der Waals surface area (Å²) >= 11 is 5.87. The average molecular weight is 324 g/mol. The first kappa shape index (κ1) is 15.1. The van der Waals surface area contributed by atoms with E-state index in [1.165, 1.54) is 0 Å². The van der Waals surface area contributed by atoms with Gasteiger partial charge in [0.15, 0.2) is 0 Å². The molecule has 3 aromatic carbocycles. The lowest BCUT2D eigenvalue weighted by Crippen LogP contribution is -2.12. The second-order valence-electron chi connectivity index (χ2n) is 4.87. The number of para-hydroxylation sites is 2. The number of hydrogen-bond donors (Lipinski definition) is 1. The molecule has 0 radical (unpaired) electrons. The average Bonchev–Trinajstić information content (AvgIpc) is 2.58. The van der Waals surface area contributed by atoms with Gasteiger partial charge in [-0.2, -0.15) is 0 Å². The van der Waals surface area contributed by atoms with E-state index in [0.29, 0.717) is 22.1 Å². The molecular weight excluding hydrogens is 310 g/mol. The van der Waals surface area contributed by atoms with Gasteiger partial charge in [-0.1, -0.05) is 41.9 Å². The Labute approximate surface area is 139 Å². The third-order valence-electron chi connectivity index (χ3n) is 3.20. The van der Waals surface area contributed by atoms with E-state index in [0.717, 1.165) is 5.69 Å². The number of ether oxygens (including phenoxy) is 1. The van der Waals surface area contributed by atoms with Crippen LogP contribution in [0.2, 0.25) is 5.02 Å². The molecule has 3 rings (SSSR count). The van der Waals surface area contributed by atoms with Crippen LogP contribution in [0.25, 0.3) is 0 Å². The zero-order valence-corrected chi connectivity index (χ0v) is 13.0. The number of carbonyl (C=O) groups is 1. The van der Waals surface area contributed by atoms with Gasteiger partial charge >= 0.3 is 0 Å². The van der Waals surface area contributed by atoms with E-state index in [9.17, 15) is 4.79 Å². The molecule has 0 heterocycles. The number of amides is 1. The Morgan fingerprint density at radius 2 is 1.48 bits per heavy atom.